The number of carboxylic acid groups (broad SMARTS) is 1. The van der Waals surface area contributed by atoms with E-state index in [1.807, 2.05) is 6.26 Å². The first-order chi connectivity index (χ1) is 5.66. The molecule has 0 aliphatic rings. The number of hydrogen-bond acceptors (Lipinski definition) is 2. The van der Waals surface area contributed by atoms with Crippen molar-refractivity contribution in [2.75, 3.05) is 6.26 Å². The van der Waals surface area contributed by atoms with Gasteiger partial charge >= 0.3 is 5.97 Å². The Morgan fingerprint density at radius 3 is 2.67 bits per heavy atom. The summed E-state index contributed by atoms with van der Waals surface area (Å²) in [5.41, 5.74) is 0.187. The van der Waals surface area contributed by atoms with Crippen molar-refractivity contribution in [1.29, 1.82) is 0 Å². The Balaban J connectivity index is 3.29. The van der Waals surface area contributed by atoms with Crippen LogP contribution in [-0.4, -0.2) is 17.3 Å². The van der Waals surface area contributed by atoms with Gasteiger partial charge in [-0.1, -0.05) is 17.7 Å². The summed E-state index contributed by atoms with van der Waals surface area (Å²) in [6.07, 6.45) is 1.82. The fourth-order valence-corrected chi connectivity index (χ4v) is 1.81. The van der Waals surface area contributed by atoms with Crippen LogP contribution < -0.4 is 0 Å². The van der Waals surface area contributed by atoms with E-state index in [0.29, 0.717) is 4.90 Å². The molecule has 0 atom stereocenters. The number of carboxylic acids is 1. The molecular formula is C8H7ClO2S. The lowest BCUT2D eigenvalue weighted by molar-refractivity contribution is 0.0693. The fraction of sp³-hybridized carbons (Fsp3) is 0.125. The number of rotatable bonds is 2. The van der Waals surface area contributed by atoms with Crippen molar-refractivity contribution in [1.82, 2.24) is 0 Å². The van der Waals surface area contributed by atoms with Crippen LogP contribution in [0, 0.1) is 0 Å². The van der Waals surface area contributed by atoms with Crippen LogP contribution in [0.15, 0.2) is 23.1 Å². The van der Waals surface area contributed by atoms with E-state index in [2.05, 4.69) is 0 Å². The summed E-state index contributed by atoms with van der Waals surface area (Å²) in [5, 5.41) is 9.07. The second-order valence-electron chi connectivity index (χ2n) is 2.12. The van der Waals surface area contributed by atoms with E-state index in [0.717, 1.165) is 0 Å². The van der Waals surface area contributed by atoms with Gasteiger partial charge in [-0.2, -0.15) is 0 Å². The van der Waals surface area contributed by atoms with Gasteiger partial charge < -0.3 is 5.11 Å². The molecule has 0 heterocycles. The minimum Gasteiger partial charge on any atom is -0.478 e. The molecule has 4 heteroatoms. The third-order valence-corrected chi connectivity index (χ3v) is 2.50. The van der Waals surface area contributed by atoms with E-state index in [-0.39, 0.29) is 10.6 Å². The molecule has 0 aromatic heterocycles. The molecule has 1 rings (SSSR count). The highest BCUT2D eigenvalue weighted by Gasteiger charge is 2.12. The normalized spacial score (nSPS) is 9.83. The molecule has 0 fully saturated rings. The number of carbonyl (C=O) groups is 1. The Labute approximate surface area is 79.5 Å². The highest BCUT2D eigenvalue weighted by Crippen LogP contribution is 2.26. The van der Waals surface area contributed by atoms with Gasteiger partial charge in [0.05, 0.1) is 10.6 Å². The Bertz CT molecular complexity index is 312. The van der Waals surface area contributed by atoms with E-state index >= 15 is 0 Å². The molecule has 0 saturated carbocycles. The monoisotopic (exact) mass is 202 g/mol. The largest absolute Gasteiger partial charge is 0.478 e. The molecule has 1 aromatic carbocycles. The smallest absolute Gasteiger partial charge is 0.338 e. The maximum atomic E-state index is 10.7. The maximum absolute atomic E-state index is 10.7. The molecule has 0 aliphatic carbocycles. The van der Waals surface area contributed by atoms with Gasteiger partial charge in [-0.3, -0.25) is 0 Å². The Morgan fingerprint density at radius 1 is 1.58 bits per heavy atom. The lowest BCUT2D eigenvalue weighted by atomic mass is 10.2. The van der Waals surface area contributed by atoms with Crippen LogP contribution in [0.2, 0.25) is 5.02 Å². The molecule has 64 valence electrons. The molecule has 1 N–H and O–H groups in total. The van der Waals surface area contributed by atoms with Gasteiger partial charge in [0.15, 0.2) is 0 Å². The molecule has 0 amide bonds. The van der Waals surface area contributed by atoms with Crippen molar-refractivity contribution in [2.24, 2.45) is 0 Å². The van der Waals surface area contributed by atoms with Gasteiger partial charge in [0.2, 0.25) is 0 Å². The molecule has 12 heavy (non-hydrogen) atoms. The summed E-state index contributed by atoms with van der Waals surface area (Å²) < 4.78 is 0. The topological polar surface area (TPSA) is 37.3 Å². The second kappa shape index (κ2) is 3.83. The first-order valence-corrected chi connectivity index (χ1v) is 4.83. The van der Waals surface area contributed by atoms with E-state index < -0.39 is 5.97 Å². The van der Waals surface area contributed by atoms with Gasteiger partial charge in [0.25, 0.3) is 0 Å². The predicted octanol–water partition coefficient (Wildman–Crippen LogP) is 2.76. The zero-order valence-corrected chi connectivity index (χ0v) is 7.95. The highest BCUT2D eigenvalue weighted by molar-refractivity contribution is 7.98. The van der Waals surface area contributed by atoms with Crippen LogP contribution in [0.3, 0.4) is 0 Å². The molecule has 2 nitrogen and oxygen atoms in total. The van der Waals surface area contributed by atoms with E-state index in [9.17, 15) is 4.79 Å². The van der Waals surface area contributed by atoms with Crippen LogP contribution in [0.25, 0.3) is 0 Å². The number of benzene rings is 1. The lowest BCUT2D eigenvalue weighted by Crippen LogP contribution is -1.99. The van der Waals surface area contributed by atoms with Gasteiger partial charge in [-0.25, -0.2) is 4.79 Å². The molecule has 0 aliphatic heterocycles. The number of thioether (sulfide) groups is 1. The van der Waals surface area contributed by atoms with Gasteiger partial charge in [0, 0.05) is 4.90 Å². The Hall–Kier alpha value is -0.670. The van der Waals surface area contributed by atoms with Crippen molar-refractivity contribution in [2.45, 2.75) is 4.90 Å². The number of halogens is 1. The van der Waals surface area contributed by atoms with E-state index in [1.165, 1.54) is 11.8 Å². The maximum Gasteiger partial charge on any atom is 0.338 e. The predicted molar refractivity (Wildman–Crippen MR) is 50.2 cm³/mol. The van der Waals surface area contributed by atoms with Crippen LogP contribution in [0.1, 0.15) is 10.4 Å². The van der Waals surface area contributed by atoms with Gasteiger partial charge in [-0.15, -0.1) is 11.8 Å². The second-order valence-corrected chi connectivity index (χ2v) is 3.38. The van der Waals surface area contributed by atoms with Crippen molar-refractivity contribution >= 4 is 29.3 Å². The van der Waals surface area contributed by atoms with Crippen molar-refractivity contribution in [3.8, 4) is 0 Å². The van der Waals surface area contributed by atoms with Crippen LogP contribution in [-0.2, 0) is 0 Å². The van der Waals surface area contributed by atoms with Crippen molar-refractivity contribution < 1.29 is 9.90 Å². The first kappa shape index (κ1) is 9.42. The zero-order chi connectivity index (χ0) is 9.14. The summed E-state index contributed by atoms with van der Waals surface area (Å²) >= 11 is 7.08. The summed E-state index contributed by atoms with van der Waals surface area (Å²) in [6.45, 7) is 0. The average molecular weight is 203 g/mol. The van der Waals surface area contributed by atoms with Gasteiger partial charge in [0.1, 0.15) is 0 Å². The minimum absolute atomic E-state index is 0.187. The Morgan fingerprint density at radius 2 is 2.25 bits per heavy atom. The van der Waals surface area contributed by atoms with Crippen molar-refractivity contribution in [3.63, 3.8) is 0 Å². The molecule has 0 bridgehead atoms. The van der Waals surface area contributed by atoms with E-state index in [4.69, 9.17) is 16.7 Å². The summed E-state index contributed by atoms with van der Waals surface area (Å²) in [7, 11) is 0. The van der Waals surface area contributed by atoms with E-state index in [1.54, 1.807) is 18.2 Å². The molecule has 0 spiro atoms. The molecule has 1 aromatic rings. The standard InChI is InChI=1S/C8H7ClO2S/c1-12-6-4-2-3-5(9)7(6)8(10)11/h2-4H,1H3,(H,10,11). The first-order valence-electron chi connectivity index (χ1n) is 3.22. The number of aromatic carboxylic acids is 1. The fourth-order valence-electron chi connectivity index (χ4n) is 0.882. The SMILES string of the molecule is CSc1cccc(Cl)c1C(=O)O. The van der Waals surface area contributed by atoms with Crippen LogP contribution in [0.4, 0.5) is 0 Å². The zero-order valence-electron chi connectivity index (χ0n) is 6.37. The summed E-state index contributed by atoms with van der Waals surface area (Å²) in [6, 6.07) is 5.05. The third kappa shape index (κ3) is 1.73. The quantitative estimate of drug-likeness (QED) is 0.750. The third-order valence-electron chi connectivity index (χ3n) is 1.41. The summed E-state index contributed by atoms with van der Waals surface area (Å²) in [4.78, 5) is 11.4. The highest BCUT2D eigenvalue weighted by atomic mass is 35.5. The molecular weight excluding hydrogens is 196 g/mol. The molecule has 0 saturated heterocycles. The van der Waals surface area contributed by atoms with Crippen molar-refractivity contribution in [3.05, 3.63) is 28.8 Å². The van der Waals surface area contributed by atoms with Gasteiger partial charge in [-0.05, 0) is 18.4 Å². The summed E-state index contributed by atoms with van der Waals surface area (Å²) in [5.74, 6) is -0.982. The minimum atomic E-state index is -0.982. The average Bonchev–Trinajstić information content (AvgIpc) is 2.03. The molecule has 0 unspecified atom stereocenters. The Kier molecular flexibility index (Phi) is 3.00. The van der Waals surface area contributed by atoms with Crippen LogP contribution in [0.5, 0.6) is 0 Å². The molecule has 0 radical (unpaired) electrons. The lowest BCUT2D eigenvalue weighted by Gasteiger charge is -2.03. The van der Waals surface area contributed by atoms with Crippen LogP contribution >= 0.6 is 23.4 Å². The number of hydrogen-bond donors (Lipinski definition) is 1.